The van der Waals surface area contributed by atoms with Gasteiger partial charge in [-0.2, -0.15) is 0 Å². The van der Waals surface area contributed by atoms with Gasteiger partial charge in [-0.15, -0.1) is 0 Å². The van der Waals surface area contributed by atoms with Gasteiger partial charge in [-0.1, -0.05) is 35.9 Å². The van der Waals surface area contributed by atoms with Gasteiger partial charge in [0.2, 0.25) is 0 Å². The molecule has 1 unspecified atom stereocenters. The highest BCUT2D eigenvalue weighted by Crippen LogP contribution is 2.28. The van der Waals surface area contributed by atoms with Crippen LogP contribution in [0.5, 0.6) is 0 Å². The lowest BCUT2D eigenvalue weighted by atomic mass is 9.99. The van der Waals surface area contributed by atoms with Crippen molar-refractivity contribution in [1.29, 1.82) is 0 Å². The molecular formula is C15H14ClNO. The van der Waals surface area contributed by atoms with Crippen LogP contribution < -0.4 is 5.32 Å². The van der Waals surface area contributed by atoms with E-state index in [0.29, 0.717) is 13.2 Å². The van der Waals surface area contributed by atoms with E-state index in [1.165, 1.54) is 11.1 Å². The lowest BCUT2D eigenvalue weighted by Crippen LogP contribution is -2.23. The Balaban J connectivity index is 1.84. The Morgan fingerprint density at radius 3 is 2.67 bits per heavy atom. The first kappa shape index (κ1) is 11.6. The Morgan fingerprint density at radius 1 is 1.06 bits per heavy atom. The van der Waals surface area contributed by atoms with E-state index in [-0.39, 0.29) is 6.04 Å². The minimum atomic E-state index is 0.205. The summed E-state index contributed by atoms with van der Waals surface area (Å²) in [6.45, 7) is 1.40. The van der Waals surface area contributed by atoms with Crippen molar-refractivity contribution >= 4 is 17.3 Å². The van der Waals surface area contributed by atoms with E-state index in [9.17, 15) is 0 Å². The number of halogens is 1. The van der Waals surface area contributed by atoms with Crippen molar-refractivity contribution in [2.45, 2.75) is 12.6 Å². The van der Waals surface area contributed by atoms with Crippen LogP contribution in [0.25, 0.3) is 0 Å². The van der Waals surface area contributed by atoms with Gasteiger partial charge in [0.05, 0.1) is 19.3 Å². The lowest BCUT2D eigenvalue weighted by Gasteiger charge is -2.27. The molecule has 2 nitrogen and oxygen atoms in total. The molecule has 1 N–H and O–H groups in total. The number of anilines is 1. The minimum Gasteiger partial charge on any atom is -0.376 e. The number of rotatable bonds is 2. The van der Waals surface area contributed by atoms with E-state index in [1.54, 1.807) is 0 Å². The van der Waals surface area contributed by atoms with Gasteiger partial charge >= 0.3 is 0 Å². The van der Waals surface area contributed by atoms with Crippen LogP contribution in [0.3, 0.4) is 0 Å². The zero-order valence-corrected chi connectivity index (χ0v) is 10.7. The van der Waals surface area contributed by atoms with Crippen molar-refractivity contribution in [2.24, 2.45) is 0 Å². The van der Waals surface area contributed by atoms with E-state index in [4.69, 9.17) is 16.3 Å². The number of nitrogens with one attached hydrogen (secondary N) is 1. The minimum absolute atomic E-state index is 0.205. The molecule has 1 aliphatic heterocycles. The first-order valence-electron chi connectivity index (χ1n) is 6.00. The molecule has 0 radical (unpaired) electrons. The molecule has 92 valence electrons. The molecule has 1 heterocycles. The SMILES string of the molecule is Clc1ccc(NC2COCc3ccccc32)cc1. The highest BCUT2D eigenvalue weighted by atomic mass is 35.5. The van der Waals surface area contributed by atoms with Crippen LogP contribution in [0.1, 0.15) is 17.2 Å². The fourth-order valence-corrected chi connectivity index (χ4v) is 2.37. The van der Waals surface area contributed by atoms with Crippen molar-refractivity contribution in [1.82, 2.24) is 0 Å². The first-order chi connectivity index (χ1) is 8.83. The molecule has 0 saturated heterocycles. The summed E-state index contributed by atoms with van der Waals surface area (Å²) in [5.74, 6) is 0. The quantitative estimate of drug-likeness (QED) is 0.879. The smallest absolute Gasteiger partial charge is 0.0751 e. The van der Waals surface area contributed by atoms with Gasteiger partial charge in [0.1, 0.15) is 0 Å². The molecular weight excluding hydrogens is 246 g/mol. The van der Waals surface area contributed by atoms with Gasteiger partial charge in [0, 0.05) is 10.7 Å². The summed E-state index contributed by atoms with van der Waals surface area (Å²) in [7, 11) is 0. The molecule has 2 aromatic rings. The average molecular weight is 260 g/mol. The summed E-state index contributed by atoms with van der Waals surface area (Å²) < 4.78 is 5.62. The number of hydrogen-bond donors (Lipinski definition) is 1. The van der Waals surface area contributed by atoms with Gasteiger partial charge in [-0.05, 0) is 35.4 Å². The largest absolute Gasteiger partial charge is 0.376 e. The Labute approximate surface area is 112 Å². The molecule has 0 aromatic heterocycles. The maximum atomic E-state index is 5.88. The zero-order chi connectivity index (χ0) is 12.4. The maximum Gasteiger partial charge on any atom is 0.0751 e. The number of ether oxygens (including phenoxy) is 1. The second-order valence-corrected chi connectivity index (χ2v) is 4.85. The molecule has 1 aliphatic rings. The summed E-state index contributed by atoms with van der Waals surface area (Å²) >= 11 is 5.88. The predicted molar refractivity (Wildman–Crippen MR) is 73.9 cm³/mol. The molecule has 2 aromatic carbocycles. The van der Waals surface area contributed by atoms with Gasteiger partial charge < -0.3 is 10.1 Å². The summed E-state index contributed by atoms with van der Waals surface area (Å²) in [6, 6.07) is 16.3. The topological polar surface area (TPSA) is 21.3 Å². The number of fused-ring (bicyclic) bond motifs is 1. The van der Waals surface area contributed by atoms with E-state index in [0.717, 1.165) is 10.7 Å². The number of hydrogen-bond acceptors (Lipinski definition) is 2. The van der Waals surface area contributed by atoms with Crippen LogP contribution in [-0.2, 0) is 11.3 Å². The zero-order valence-electron chi connectivity index (χ0n) is 9.90. The lowest BCUT2D eigenvalue weighted by molar-refractivity contribution is 0.0970. The highest BCUT2D eigenvalue weighted by molar-refractivity contribution is 6.30. The molecule has 3 heteroatoms. The van der Waals surface area contributed by atoms with Crippen LogP contribution in [0, 0.1) is 0 Å². The van der Waals surface area contributed by atoms with E-state index in [1.807, 2.05) is 30.3 Å². The average Bonchev–Trinajstić information content (AvgIpc) is 2.42. The van der Waals surface area contributed by atoms with Gasteiger partial charge in [0.25, 0.3) is 0 Å². The van der Waals surface area contributed by atoms with Crippen LogP contribution in [0.15, 0.2) is 48.5 Å². The molecule has 0 amide bonds. The molecule has 1 atom stereocenters. The molecule has 0 fully saturated rings. The van der Waals surface area contributed by atoms with Crippen molar-refractivity contribution in [3.63, 3.8) is 0 Å². The molecule has 0 saturated carbocycles. The fraction of sp³-hybridized carbons (Fsp3) is 0.200. The Kier molecular flexibility index (Phi) is 3.22. The van der Waals surface area contributed by atoms with Crippen molar-refractivity contribution in [3.8, 4) is 0 Å². The molecule has 18 heavy (non-hydrogen) atoms. The Bertz CT molecular complexity index is 538. The third kappa shape index (κ3) is 2.35. The summed E-state index contributed by atoms with van der Waals surface area (Å²) in [5.41, 5.74) is 3.64. The van der Waals surface area contributed by atoms with Gasteiger partial charge in [-0.25, -0.2) is 0 Å². The van der Waals surface area contributed by atoms with E-state index in [2.05, 4.69) is 23.5 Å². The number of benzene rings is 2. The third-order valence-electron chi connectivity index (χ3n) is 3.16. The van der Waals surface area contributed by atoms with Crippen LogP contribution in [0.4, 0.5) is 5.69 Å². The second-order valence-electron chi connectivity index (χ2n) is 4.42. The fourth-order valence-electron chi connectivity index (χ4n) is 2.25. The first-order valence-corrected chi connectivity index (χ1v) is 6.38. The summed E-state index contributed by atoms with van der Waals surface area (Å²) in [4.78, 5) is 0. The van der Waals surface area contributed by atoms with Crippen molar-refractivity contribution in [3.05, 3.63) is 64.7 Å². The van der Waals surface area contributed by atoms with E-state index < -0.39 is 0 Å². The van der Waals surface area contributed by atoms with Gasteiger partial charge in [-0.3, -0.25) is 0 Å². The molecule has 0 aliphatic carbocycles. The highest BCUT2D eigenvalue weighted by Gasteiger charge is 2.19. The monoisotopic (exact) mass is 259 g/mol. The Hall–Kier alpha value is -1.51. The van der Waals surface area contributed by atoms with Crippen LogP contribution >= 0.6 is 11.6 Å². The normalized spacial score (nSPS) is 18.2. The summed E-state index contributed by atoms with van der Waals surface area (Å²) in [6.07, 6.45) is 0. The van der Waals surface area contributed by atoms with Gasteiger partial charge in [0.15, 0.2) is 0 Å². The molecule has 3 rings (SSSR count). The second kappa shape index (κ2) is 5.01. The van der Waals surface area contributed by atoms with Crippen LogP contribution in [0.2, 0.25) is 5.02 Å². The standard InChI is InChI=1S/C15H14ClNO/c16-12-5-7-13(8-6-12)17-15-10-18-9-11-3-1-2-4-14(11)15/h1-8,15,17H,9-10H2. The molecule has 0 spiro atoms. The Morgan fingerprint density at radius 2 is 1.83 bits per heavy atom. The van der Waals surface area contributed by atoms with Crippen molar-refractivity contribution in [2.75, 3.05) is 11.9 Å². The third-order valence-corrected chi connectivity index (χ3v) is 3.41. The molecule has 0 bridgehead atoms. The van der Waals surface area contributed by atoms with Crippen LogP contribution in [-0.4, -0.2) is 6.61 Å². The van der Waals surface area contributed by atoms with E-state index >= 15 is 0 Å². The van der Waals surface area contributed by atoms with Crippen molar-refractivity contribution < 1.29 is 4.74 Å². The maximum absolute atomic E-state index is 5.88. The predicted octanol–water partition coefficient (Wildman–Crippen LogP) is 4.02. The summed E-state index contributed by atoms with van der Waals surface area (Å²) in [5, 5.41) is 4.23.